The number of likely N-dealkylation sites (N-methyl/N-ethyl adjacent to an activating group) is 1. The number of nitrogens with one attached hydrogen (secondary N) is 1. The predicted molar refractivity (Wildman–Crippen MR) is 79.1 cm³/mol. The molecule has 0 radical (unpaired) electrons. The topological polar surface area (TPSA) is 28.4 Å². The Morgan fingerprint density at radius 3 is 2.89 bits per heavy atom. The number of hydrogen-bond acceptors (Lipinski definition) is 3. The summed E-state index contributed by atoms with van der Waals surface area (Å²) in [6.07, 6.45) is 7.29. The summed E-state index contributed by atoms with van der Waals surface area (Å²) in [4.78, 5) is 2.57. The van der Waals surface area contributed by atoms with Crippen LogP contribution in [0.25, 0.3) is 0 Å². The van der Waals surface area contributed by atoms with Crippen molar-refractivity contribution in [2.45, 2.75) is 58.2 Å². The van der Waals surface area contributed by atoms with Crippen molar-refractivity contribution in [3.05, 3.63) is 24.2 Å². The van der Waals surface area contributed by atoms with Crippen molar-refractivity contribution in [1.29, 1.82) is 0 Å². The molecule has 3 unspecified atom stereocenters. The van der Waals surface area contributed by atoms with Gasteiger partial charge in [-0.2, -0.15) is 0 Å². The van der Waals surface area contributed by atoms with Crippen molar-refractivity contribution in [2.75, 3.05) is 13.6 Å². The van der Waals surface area contributed by atoms with Gasteiger partial charge in [-0.25, -0.2) is 0 Å². The first kappa shape index (κ1) is 14.6. The lowest BCUT2D eigenvalue weighted by Crippen LogP contribution is -2.47. The van der Waals surface area contributed by atoms with Gasteiger partial charge in [0.25, 0.3) is 0 Å². The van der Waals surface area contributed by atoms with E-state index in [0.29, 0.717) is 6.04 Å². The van der Waals surface area contributed by atoms with Crippen LogP contribution in [0, 0.1) is 5.92 Å². The summed E-state index contributed by atoms with van der Waals surface area (Å²) >= 11 is 0. The summed E-state index contributed by atoms with van der Waals surface area (Å²) in [5.41, 5.74) is 0. The van der Waals surface area contributed by atoms with Crippen LogP contribution in [0.4, 0.5) is 0 Å². The van der Waals surface area contributed by atoms with Gasteiger partial charge in [-0.1, -0.05) is 19.8 Å². The maximum Gasteiger partial charge on any atom is 0.117 e. The van der Waals surface area contributed by atoms with Crippen LogP contribution in [-0.4, -0.2) is 30.6 Å². The maximum absolute atomic E-state index is 5.33. The van der Waals surface area contributed by atoms with Crippen molar-refractivity contribution in [2.24, 2.45) is 5.92 Å². The van der Waals surface area contributed by atoms with E-state index in [1.807, 2.05) is 12.1 Å². The fourth-order valence-electron chi connectivity index (χ4n) is 3.19. The van der Waals surface area contributed by atoms with Gasteiger partial charge in [-0.3, -0.25) is 4.90 Å². The quantitative estimate of drug-likeness (QED) is 0.855. The number of rotatable bonds is 6. The highest BCUT2D eigenvalue weighted by Gasteiger charge is 2.27. The summed E-state index contributed by atoms with van der Waals surface area (Å²) in [5, 5.41) is 3.49. The molecule has 1 fully saturated rings. The molecule has 0 spiro atoms. The summed E-state index contributed by atoms with van der Waals surface area (Å²) in [5.74, 6) is 1.85. The lowest BCUT2D eigenvalue weighted by atomic mass is 9.84. The average molecular weight is 264 g/mol. The van der Waals surface area contributed by atoms with Gasteiger partial charge in [0, 0.05) is 18.6 Å². The van der Waals surface area contributed by atoms with E-state index < -0.39 is 0 Å². The second-order valence-electron chi connectivity index (χ2n) is 6.05. The Morgan fingerprint density at radius 2 is 2.21 bits per heavy atom. The van der Waals surface area contributed by atoms with E-state index in [-0.39, 0.29) is 0 Å². The van der Waals surface area contributed by atoms with Crippen molar-refractivity contribution in [3.8, 4) is 0 Å². The molecule has 1 aliphatic carbocycles. The van der Waals surface area contributed by atoms with E-state index in [4.69, 9.17) is 4.42 Å². The molecule has 108 valence electrons. The molecule has 3 heteroatoms. The molecule has 0 saturated heterocycles. The number of nitrogens with zero attached hydrogens (tertiary/aromatic N) is 1. The summed E-state index contributed by atoms with van der Waals surface area (Å²) < 4.78 is 5.33. The molecule has 0 aromatic carbocycles. The minimum Gasteiger partial charge on any atom is -0.468 e. The largest absolute Gasteiger partial charge is 0.468 e. The van der Waals surface area contributed by atoms with Crippen LogP contribution in [0.1, 0.15) is 45.3 Å². The third-order valence-corrected chi connectivity index (χ3v) is 4.60. The van der Waals surface area contributed by atoms with E-state index in [9.17, 15) is 0 Å². The SMILES string of the molecule is CC1CCCCC1N(C)C(C)CNCc1ccco1. The van der Waals surface area contributed by atoms with Crippen molar-refractivity contribution >= 4 is 0 Å². The lowest BCUT2D eigenvalue weighted by molar-refractivity contribution is 0.102. The first-order valence-corrected chi connectivity index (χ1v) is 7.63. The minimum absolute atomic E-state index is 0.570. The second-order valence-corrected chi connectivity index (χ2v) is 6.05. The summed E-state index contributed by atoms with van der Waals surface area (Å²) in [6, 6.07) is 5.29. The predicted octanol–water partition coefficient (Wildman–Crippen LogP) is 3.27. The van der Waals surface area contributed by atoms with E-state index >= 15 is 0 Å². The van der Waals surface area contributed by atoms with Crippen molar-refractivity contribution in [3.63, 3.8) is 0 Å². The lowest BCUT2D eigenvalue weighted by Gasteiger charge is -2.39. The fraction of sp³-hybridized carbons (Fsp3) is 0.750. The Morgan fingerprint density at radius 1 is 1.42 bits per heavy atom. The van der Waals surface area contributed by atoms with Crippen LogP contribution in [0.15, 0.2) is 22.8 Å². The van der Waals surface area contributed by atoms with Crippen LogP contribution >= 0.6 is 0 Å². The van der Waals surface area contributed by atoms with Gasteiger partial charge >= 0.3 is 0 Å². The first-order chi connectivity index (χ1) is 9.18. The van der Waals surface area contributed by atoms with E-state index in [0.717, 1.165) is 30.8 Å². The van der Waals surface area contributed by atoms with E-state index in [1.54, 1.807) is 6.26 Å². The molecule has 1 aromatic rings. The molecule has 2 rings (SSSR count). The average Bonchev–Trinajstić information content (AvgIpc) is 2.91. The second kappa shape index (κ2) is 7.11. The zero-order valence-electron chi connectivity index (χ0n) is 12.6. The van der Waals surface area contributed by atoms with Crippen LogP contribution in [-0.2, 0) is 6.54 Å². The molecule has 0 aliphatic heterocycles. The Labute approximate surface area is 117 Å². The van der Waals surface area contributed by atoms with Crippen LogP contribution in [0.2, 0.25) is 0 Å². The zero-order valence-corrected chi connectivity index (χ0v) is 12.6. The third kappa shape index (κ3) is 4.08. The molecule has 3 nitrogen and oxygen atoms in total. The van der Waals surface area contributed by atoms with Crippen LogP contribution in [0.5, 0.6) is 0 Å². The van der Waals surface area contributed by atoms with Gasteiger partial charge in [0.15, 0.2) is 0 Å². The van der Waals surface area contributed by atoms with Gasteiger partial charge < -0.3 is 9.73 Å². The van der Waals surface area contributed by atoms with E-state index in [1.165, 1.54) is 25.7 Å². The van der Waals surface area contributed by atoms with Crippen molar-refractivity contribution < 1.29 is 4.42 Å². The van der Waals surface area contributed by atoms with Crippen molar-refractivity contribution in [1.82, 2.24) is 10.2 Å². The Kier molecular flexibility index (Phi) is 5.46. The van der Waals surface area contributed by atoms with Gasteiger partial charge in [-0.15, -0.1) is 0 Å². The monoisotopic (exact) mass is 264 g/mol. The molecular formula is C16H28N2O. The van der Waals surface area contributed by atoms with Gasteiger partial charge in [0.05, 0.1) is 12.8 Å². The summed E-state index contributed by atoms with van der Waals surface area (Å²) in [6.45, 7) is 6.56. The Bertz CT molecular complexity index is 350. The smallest absolute Gasteiger partial charge is 0.117 e. The van der Waals surface area contributed by atoms with Gasteiger partial charge in [0.2, 0.25) is 0 Å². The van der Waals surface area contributed by atoms with Gasteiger partial charge in [0.1, 0.15) is 5.76 Å². The first-order valence-electron chi connectivity index (χ1n) is 7.63. The fourth-order valence-corrected chi connectivity index (χ4v) is 3.19. The number of furan rings is 1. The maximum atomic E-state index is 5.33. The molecular weight excluding hydrogens is 236 g/mol. The van der Waals surface area contributed by atoms with Crippen LogP contribution in [0.3, 0.4) is 0 Å². The molecule has 0 amide bonds. The molecule has 1 aliphatic rings. The highest BCUT2D eigenvalue weighted by molar-refractivity contribution is 4.97. The standard InChI is InChI=1S/C16H28N2O/c1-13-7-4-5-9-16(13)18(3)14(2)11-17-12-15-8-6-10-19-15/h6,8,10,13-14,16-17H,4-5,7,9,11-12H2,1-3H3. The molecule has 1 N–H and O–H groups in total. The zero-order chi connectivity index (χ0) is 13.7. The Balaban J connectivity index is 1.73. The normalized spacial score (nSPS) is 25.7. The molecule has 1 saturated carbocycles. The minimum atomic E-state index is 0.570. The third-order valence-electron chi connectivity index (χ3n) is 4.60. The molecule has 19 heavy (non-hydrogen) atoms. The Hall–Kier alpha value is -0.800. The van der Waals surface area contributed by atoms with Gasteiger partial charge in [-0.05, 0) is 44.9 Å². The molecule has 1 aromatic heterocycles. The van der Waals surface area contributed by atoms with Crippen LogP contribution < -0.4 is 5.32 Å². The number of hydrogen-bond donors (Lipinski definition) is 1. The highest BCUT2D eigenvalue weighted by Crippen LogP contribution is 2.28. The molecule has 0 bridgehead atoms. The molecule has 1 heterocycles. The van der Waals surface area contributed by atoms with E-state index in [2.05, 4.69) is 31.1 Å². The molecule has 3 atom stereocenters. The highest BCUT2D eigenvalue weighted by atomic mass is 16.3. The summed E-state index contributed by atoms with van der Waals surface area (Å²) in [7, 11) is 2.28.